The van der Waals surface area contributed by atoms with E-state index in [2.05, 4.69) is 6.58 Å². The van der Waals surface area contributed by atoms with E-state index >= 15 is 0 Å². The fourth-order valence-electron chi connectivity index (χ4n) is 2.59. The van der Waals surface area contributed by atoms with Crippen LogP contribution in [0.3, 0.4) is 0 Å². The van der Waals surface area contributed by atoms with Crippen molar-refractivity contribution in [1.82, 2.24) is 0 Å². The van der Waals surface area contributed by atoms with Gasteiger partial charge in [-0.3, -0.25) is 9.36 Å². The highest BCUT2D eigenvalue weighted by atomic mass is 31.2. The molecule has 0 aromatic carbocycles. The van der Waals surface area contributed by atoms with E-state index in [1.807, 2.05) is 13.8 Å². The van der Waals surface area contributed by atoms with Gasteiger partial charge in [0.05, 0.1) is 18.9 Å². The molecule has 1 saturated carbocycles. The monoisotopic (exact) mass is 288 g/mol. The Kier molecular flexibility index (Phi) is 5.97. The van der Waals surface area contributed by atoms with Gasteiger partial charge < -0.3 is 9.05 Å². The number of hydrogen-bond donors (Lipinski definition) is 0. The number of Topliss-reactive ketones (excluding diaryl/α,β-unsaturated/α-hetero) is 1. The summed E-state index contributed by atoms with van der Waals surface area (Å²) in [6.07, 6.45) is 1.14. The van der Waals surface area contributed by atoms with Gasteiger partial charge in [0, 0.05) is 12.3 Å². The third-order valence-corrected chi connectivity index (χ3v) is 6.49. The summed E-state index contributed by atoms with van der Waals surface area (Å²) in [4.78, 5) is 12.1. The number of allylic oxidation sites excluding steroid dienone is 1. The van der Waals surface area contributed by atoms with Gasteiger partial charge >= 0.3 is 7.60 Å². The number of hydrogen-bond acceptors (Lipinski definition) is 4. The van der Waals surface area contributed by atoms with Gasteiger partial charge in [-0.25, -0.2) is 0 Å². The average molecular weight is 288 g/mol. The lowest BCUT2D eigenvalue weighted by molar-refractivity contribution is -0.125. The predicted molar refractivity (Wildman–Crippen MR) is 76.4 cm³/mol. The summed E-state index contributed by atoms with van der Waals surface area (Å²) in [7, 11) is -3.23. The lowest BCUT2D eigenvalue weighted by atomic mass is 9.79. The van der Waals surface area contributed by atoms with Crippen molar-refractivity contribution in [2.45, 2.75) is 46.2 Å². The maximum atomic E-state index is 12.9. The molecular weight excluding hydrogens is 263 g/mol. The van der Waals surface area contributed by atoms with Gasteiger partial charge in [0.15, 0.2) is 0 Å². The first-order chi connectivity index (χ1) is 8.85. The molecule has 1 fully saturated rings. The Morgan fingerprint density at radius 1 is 1.37 bits per heavy atom. The first-order valence-corrected chi connectivity index (χ1v) is 8.53. The topological polar surface area (TPSA) is 52.6 Å². The third-order valence-electron chi connectivity index (χ3n) is 3.78. The number of rotatable bonds is 6. The average Bonchev–Trinajstić information content (AvgIpc) is 2.32. The molecule has 0 aromatic heterocycles. The van der Waals surface area contributed by atoms with Gasteiger partial charge in [0.25, 0.3) is 0 Å². The van der Waals surface area contributed by atoms with Gasteiger partial charge in [-0.05, 0) is 33.1 Å². The van der Waals surface area contributed by atoms with E-state index in [0.717, 1.165) is 5.57 Å². The van der Waals surface area contributed by atoms with Crippen LogP contribution in [0.2, 0.25) is 0 Å². The Labute approximate surface area is 116 Å². The van der Waals surface area contributed by atoms with Crippen LogP contribution < -0.4 is 0 Å². The van der Waals surface area contributed by atoms with Gasteiger partial charge in [-0.15, -0.1) is 0 Å². The molecule has 1 aliphatic rings. The van der Waals surface area contributed by atoms with Gasteiger partial charge in [0.2, 0.25) is 0 Å². The molecule has 0 amide bonds. The first-order valence-electron chi connectivity index (χ1n) is 6.92. The van der Waals surface area contributed by atoms with Crippen LogP contribution >= 0.6 is 7.60 Å². The molecule has 4 nitrogen and oxygen atoms in total. The highest BCUT2D eigenvalue weighted by molar-refractivity contribution is 7.54. The molecule has 1 aliphatic carbocycles. The SMILES string of the molecule is C=C(C)[C@H]1CC(=O)[C@@H](C)[C@H](P(=O)(OCC)OCC)C1. The number of carbonyl (C=O) groups excluding carboxylic acids is 1. The molecule has 0 unspecified atom stereocenters. The zero-order valence-electron chi connectivity index (χ0n) is 12.3. The van der Waals surface area contributed by atoms with Crippen LogP contribution in [0.25, 0.3) is 0 Å². The Morgan fingerprint density at radius 2 is 1.89 bits per heavy atom. The van der Waals surface area contributed by atoms with Gasteiger partial charge in [-0.1, -0.05) is 19.1 Å². The van der Waals surface area contributed by atoms with Crippen LogP contribution in [0.4, 0.5) is 0 Å². The zero-order chi connectivity index (χ0) is 14.6. The van der Waals surface area contributed by atoms with Crippen molar-refractivity contribution in [3.63, 3.8) is 0 Å². The van der Waals surface area contributed by atoms with E-state index in [-0.39, 0.29) is 23.3 Å². The minimum atomic E-state index is -3.23. The minimum absolute atomic E-state index is 0.0861. The molecule has 19 heavy (non-hydrogen) atoms. The Bertz CT molecular complexity index is 381. The van der Waals surface area contributed by atoms with Gasteiger partial charge in [-0.2, -0.15) is 0 Å². The normalized spacial score (nSPS) is 28.4. The number of ketones is 1. The van der Waals surface area contributed by atoms with Crippen LogP contribution in [0.15, 0.2) is 12.2 Å². The quantitative estimate of drug-likeness (QED) is 0.551. The molecular formula is C14H25O4P. The van der Waals surface area contributed by atoms with Crippen molar-refractivity contribution >= 4 is 13.4 Å². The summed E-state index contributed by atoms with van der Waals surface area (Å²) in [5, 5.41) is 0. The highest BCUT2D eigenvalue weighted by Crippen LogP contribution is 2.59. The molecule has 0 saturated heterocycles. The van der Waals surface area contributed by atoms with Crippen LogP contribution in [0, 0.1) is 11.8 Å². The Hall–Kier alpha value is -0.440. The molecule has 1 rings (SSSR count). The van der Waals surface area contributed by atoms with Crippen molar-refractivity contribution in [3.05, 3.63) is 12.2 Å². The molecule has 0 radical (unpaired) electrons. The summed E-state index contributed by atoms with van der Waals surface area (Å²) < 4.78 is 23.7. The Morgan fingerprint density at radius 3 is 2.32 bits per heavy atom. The van der Waals surface area contributed by atoms with Crippen molar-refractivity contribution in [2.24, 2.45) is 11.8 Å². The van der Waals surface area contributed by atoms with Crippen LogP contribution in [-0.4, -0.2) is 24.7 Å². The lowest BCUT2D eigenvalue weighted by Crippen LogP contribution is -2.36. The molecule has 0 aromatic rings. The van der Waals surface area contributed by atoms with E-state index in [9.17, 15) is 9.36 Å². The van der Waals surface area contributed by atoms with E-state index in [1.54, 1.807) is 13.8 Å². The second-order valence-electron chi connectivity index (χ2n) is 5.18. The van der Waals surface area contributed by atoms with Crippen molar-refractivity contribution < 1.29 is 18.4 Å². The Balaban J connectivity index is 3.01. The maximum absolute atomic E-state index is 12.9. The van der Waals surface area contributed by atoms with E-state index in [1.165, 1.54) is 0 Å². The molecule has 0 spiro atoms. The first kappa shape index (κ1) is 16.6. The number of carbonyl (C=O) groups is 1. The van der Waals surface area contributed by atoms with Crippen molar-refractivity contribution in [1.29, 1.82) is 0 Å². The van der Waals surface area contributed by atoms with E-state index in [4.69, 9.17) is 9.05 Å². The predicted octanol–water partition coefficient (Wildman–Crippen LogP) is 3.81. The van der Waals surface area contributed by atoms with E-state index in [0.29, 0.717) is 26.1 Å². The fourth-order valence-corrected chi connectivity index (χ4v) is 4.99. The highest BCUT2D eigenvalue weighted by Gasteiger charge is 2.46. The molecule has 0 aliphatic heterocycles. The molecule has 0 N–H and O–H groups in total. The summed E-state index contributed by atoms with van der Waals surface area (Å²) in [6.45, 7) is 11.9. The van der Waals surface area contributed by atoms with Crippen molar-refractivity contribution in [2.75, 3.05) is 13.2 Å². The van der Waals surface area contributed by atoms with Crippen LogP contribution in [0.5, 0.6) is 0 Å². The summed E-state index contributed by atoms with van der Waals surface area (Å²) in [6, 6.07) is 0. The molecule has 3 atom stereocenters. The third kappa shape index (κ3) is 3.77. The standard InChI is InChI=1S/C14H25O4P/c1-6-17-19(16,18-7-2)14-9-12(10(3)4)8-13(15)11(14)5/h11-12,14H,3,6-9H2,1-2,4-5H3/t11-,12+,14-/m1/s1. The second-order valence-corrected chi connectivity index (χ2v) is 7.44. The summed E-state index contributed by atoms with van der Waals surface area (Å²) in [5.41, 5.74) is 0.611. The molecule has 0 bridgehead atoms. The smallest absolute Gasteiger partial charge is 0.309 e. The maximum Gasteiger partial charge on any atom is 0.334 e. The van der Waals surface area contributed by atoms with Gasteiger partial charge in [0.1, 0.15) is 5.78 Å². The minimum Gasteiger partial charge on any atom is -0.309 e. The van der Waals surface area contributed by atoms with Crippen molar-refractivity contribution in [3.8, 4) is 0 Å². The summed E-state index contributed by atoms with van der Waals surface area (Å²) in [5.74, 6) is -0.0636. The summed E-state index contributed by atoms with van der Waals surface area (Å²) >= 11 is 0. The largest absolute Gasteiger partial charge is 0.334 e. The zero-order valence-corrected chi connectivity index (χ0v) is 13.2. The molecule has 110 valence electrons. The molecule has 5 heteroatoms. The molecule has 0 heterocycles. The van der Waals surface area contributed by atoms with E-state index < -0.39 is 7.60 Å². The fraction of sp³-hybridized carbons (Fsp3) is 0.786. The van der Waals surface area contributed by atoms with Crippen LogP contribution in [0.1, 0.15) is 40.5 Å². The van der Waals surface area contributed by atoms with Crippen LogP contribution in [-0.2, 0) is 18.4 Å². The second kappa shape index (κ2) is 6.83. The lowest BCUT2D eigenvalue weighted by Gasteiger charge is -2.36.